The Morgan fingerprint density at radius 3 is 1.17 bits per heavy atom. The zero-order valence-electron chi connectivity index (χ0n) is 22.2. The summed E-state index contributed by atoms with van der Waals surface area (Å²) in [5, 5.41) is 4.55. The van der Waals surface area contributed by atoms with Crippen molar-refractivity contribution in [2.45, 2.75) is 0 Å². The maximum absolute atomic E-state index is 10.7. The molecule has 4 heterocycles. The predicted molar refractivity (Wildman–Crippen MR) is 168 cm³/mol. The number of benzene rings is 4. The molecule has 0 spiro atoms. The van der Waals surface area contributed by atoms with Gasteiger partial charge in [0.2, 0.25) is 0 Å². The second-order valence-corrected chi connectivity index (χ2v) is 8.88. The van der Waals surface area contributed by atoms with Crippen LogP contribution in [0.3, 0.4) is 0 Å². The Morgan fingerprint density at radius 1 is 0.366 bits per heavy atom. The molecule has 8 aromatic rings. The van der Waals surface area contributed by atoms with Gasteiger partial charge in [-0.3, -0.25) is 15.0 Å². The topological polar surface area (TPSA) is 68.9 Å². The lowest BCUT2D eigenvalue weighted by atomic mass is 10.2. The minimum atomic E-state index is -0.302. The Balaban J connectivity index is 0.000000110. The first-order valence-corrected chi connectivity index (χ1v) is 13.1. The maximum atomic E-state index is 10.7. The highest BCUT2D eigenvalue weighted by molar-refractivity contribution is 5.79. The van der Waals surface area contributed by atoms with E-state index < -0.39 is 0 Å². The van der Waals surface area contributed by atoms with Gasteiger partial charge in [0.1, 0.15) is 5.58 Å². The van der Waals surface area contributed by atoms with Crippen molar-refractivity contribution in [1.29, 1.82) is 0 Å². The van der Waals surface area contributed by atoms with Crippen LogP contribution < -0.4 is 5.63 Å². The van der Waals surface area contributed by atoms with Gasteiger partial charge < -0.3 is 4.42 Å². The fraction of sp³-hybridized carbons (Fsp3) is 0. The van der Waals surface area contributed by atoms with Crippen molar-refractivity contribution in [3.63, 3.8) is 0 Å². The molecular formula is C36H27N3O2. The monoisotopic (exact) mass is 533 g/mol. The van der Waals surface area contributed by atoms with Gasteiger partial charge in [-0.2, -0.15) is 0 Å². The molecule has 0 aliphatic heterocycles. The van der Waals surface area contributed by atoms with Gasteiger partial charge in [0, 0.05) is 46.2 Å². The number of fused-ring (bicyclic) bond motifs is 4. The molecule has 0 bridgehead atoms. The van der Waals surface area contributed by atoms with Gasteiger partial charge in [-0.15, -0.1) is 0 Å². The summed E-state index contributed by atoms with van der Waals surface area (Å²) in [6.45, 7) is 0. The fourth-order valence-corrected chi connectivity index (χ4v) is 4.06. The average Bonchev–Trinajstić information content (AvgIpc) is 3.06. The van der Waals surface area contributed by atoms with Gasteiger partial charge in [-0.25, -0.2) is 4.79 Å². The molecule has 5 heteroatoms. The molecule has 4 aromatic carbocycles. The van der Waals surface area contributed by atoms with Crippen molar-refractivity contribution >= 4 is 43.7 Å². The highest BCUT2D eigenvalue weighted by Gasteiger charge is 1.92. The van der Waals surface area contributed by atoms with Crippen LogP contribution in [0.15, 0.2) is 173 Å². The number of rotatable bonds is 0. The number of para-hydroxylation sites is 4. The Hall–Kier alpha value is -5.68. The zero-order chi connectivity index (χ0) is 28.1. The summed E-state index contributed by atoms with van der Waals surface area (Å²) in [6, 6.07) is 46.8. The quantitative estimate of drug-likeness (QED) is 0.183. The van der Waals surface area contributed by atoms with Crippen molar-refractivity contribution in [3.05, 3.63) is 175 Å². The van der Waals surface area contributed by atoms with Crippen LogP contribution in [0.1, 0.15) is 0 Å². The van der Waals surface area contributed by atoms with Crippen molar-refractivity contribution in [2.75, 3.05) is 0 Å². The highest BCUT2D eigenvalue weighted by atomic mass is 16.4. The minimum absolute atomic E-state index is 0.302. The molecule has 0 radical (unpaired) electrons. The largest absolute Gasteiger partial charge is 0.423 e. The summed E-state index contributed by atoms with van der Waals surface area (Å²) in [6.07, 6.45) is 5.42. The van der Waals surface area contributed by atoms with Crippen LogP contribution in [0.4, 0.5) is 0 Å². The molecule has 0 atom stereocenters. The maximum Gasteiger partial charge on any atom is 0.336 e. The normalized spacial score (nSPS) is 10.0. The molecule has 0 aliphatic carbocycles. The molecule has 8 rings (SSSR count). The van der Waals surface area contributed by atoms with Crippen LogP contribution in [-0.4, -0.2) is 15.0 Å². The Labute approximate surface area is 237 Å². The molecule has 0 saturated carbocycles. The van der Waals surface area contributed by atoms with E-state index in [1.165, 1.54) is 22.2 Å². The molecule has 41 heavy (non-hydrogen) atoms. The fourth-order valence-electron chi connectivity index (χ4n) is 4.06. The van der Waals surface area contributed by atoms with E-state index in [1.807, 2.05) is 110 Å². The smallest absolute Gasteiger partial charge is 0.336 e. The Morgan fingerprint density at radius 2 is 0.732 bits per heavy atom. The molecule has 0 saturated heterocycles. The van der Waals surface area contributed by atoms with Crippen LogP contribution in [0, 0.1) is 0 Å². The zero-order valence-corrected chi connectivity index (χ0v) is 22.2. The highest BCUT2D eigenvalue weighted by Crippen LogP contribution is 2.10. The van der Waals surface area contributed by atoms with E-state index in [0.717, 1.165) is 21.9 Å². The summed E-state index contributed by atoms with van der Waals surface area (Å²) >= 11 is 0. The first-order chi connectivity index (χ1) is 20.3. The van der Waals surface area contributed by atoms with Crippen molar-refractivity contribution < 1.29 is 4.42 Å². The molecule has 198 valence electrons. The van der Waals surface area contributed by atoms with E-state index in [1.54, 1.807) is 12.1 Å². The van der Waals surface area contributed by atoms with E-state index in [4.69, 9.17) is 4.42 Å². The molecule has 4 aromatic heterocycles. The molecular weight excluding hydrogens is 506 g/mol. The van der Waals surface area contributed by atoms with E-state index >= 15 is 0 Å². The average molecular weight is 534 g/mol. The van der Waals surface area contributed by atoms with Gasteiger partial charge in [0.15, 0.2) is 0 Å². The third kappa shape index (κ3) is 7.68. The summed E-state index contributed by atoms with van der Waals surface area (Å²) in [5.41, 5.74) is 3.52. The lowest BCUT2D eigenvalue weighted by Gasteiger charge is -1.91. The van der Waals surface area contributed by atoms with Crippen LogP contribution in [-0.2, 0) is 0 Å². The molecule has 5 nitrogen and oxygen atoms in total. The van der Waals surface area contributed by atoms with Crippen LogP contribution in [0.5, 0.6) is 0 Å². The Bertz CT molecular complexity index is 1690. The van der Waals surface area contributed by atoms with E-state index in [9.17, 15) is 4.79 Å². The third-order valence-electron chi connectivity index (χ3n) is 6.07. The van der Waals surface area contributed by atoms with Crippen LogP contribution >= 0.6 is 0 Å². The Kier molecular flexibility index (Phi) is 9.14. The van der Waals surface area contributed by atoms with Gasteiger partial charge in [0.25, 0.3) is 0 Å². The van der Waals surface area contributed by atoms with E-state index in [-0.39, 0.29) is 5.63 Å². The number of hydrogen-bond donors (Lipinski definition) is 0. The van der Waals surface area contributed by atoms with Gasteiger partial charge >= 0.3 is 5.63 Å². The van der Waals surface area contributed by atoms with E-state index in [2.05, 4.69) is 51.4 Å². The van der Waals surface area contributed by atoms with Gasteiger partial charge in [-0.05, 0) is 48.5 Å². The second kappa shape index (κ2) is 13.9. The number of pyridine rings is 3. The van der Waals surface area contributed by atoms with E-state index in [0.29, 0.717) is 5.58 Å². The molecule has 0 fully saturated rings. The molecule has 0 aliphatic rings. The summed E-state index contributed by atoms with van der Waals surface area (Å²) < 4.78 is 4.91. The molecule has 0 N–H and O–H groups in total. The predicted octanol–water partition coefficient (Wildman–Crippen LogP) is 8.50. The van der Waals surface area contributed by atoms with Crippen LogP contribution in [0.2, 0.25) is 0 Å². The number of hydrogen-bond acceptors (Lipinski definition) is 5. The van der Waals surface area contributed by atoms with Gasteiger partial charge in [-0.1, -0.05) is 91.0 Å². The number of aromatic nitrogens is 3. The summed E-state index contributed by atoms with van der Waals surface area (Å²) in [5.74, 6) is 0. The number of nitrogens with zero attached hydrogens (tertiary/aromatic N) is 3. The van der Waals surface area contributed by atoms with Crippen molar-refractivity contribution in [2.24, 2.45) is 0 Å². The minimum Gasteiger partial charge on any atom is -0.423 e. The standard InChI is InChI=1S/3C9H7N.C9H6O2/c3*1-2-6-9-8(4-1)5-3-7-10-9;10-9-6-5-7-3-1-2-4-8(7)11-9/h3*1-7H;1-6H. The van der Waals surface area contributed by atoms with Crippen molar-refractivity contribution in [3.8, 4) is 0 Å². The van der Waals surface area contributed by atoms with Crippen molar-refractivity contribution in [1.82, 2.24) is 15.0 Å². The molecule has 0 amide bonds. The second-order valence-electron chi connectivity index (χ2n) is 8.88. The lowest BCUT2D eigenvalue weighted by molar-refractivity contribution is 0.561. The van der Waals surface area contributed by atoms with Crippen LogP contribution in [0.25, 0.3) is 43.7 Å². The lowest BCUT2D eigenvalue weighted by Crippen LogP contribution is -1.93. The molecule has 0 unspecified atom stereocenters. The first kappa shape index (κ1) is 26.9. The van der Waals surface area contributed by atoms with Gasteiger partial charge in [0.05, 0.1) is 16.6 Å². The summed E-state index contributed by atoms with van der Waals surface area (Å²) in [4.78, 5) is 23.3. The summed E-state index contributed by atoms with van der Waals surface area (Å²) in [7, 11) is 0. The first-order valence-electron chi connectivity index (χ1n) is 13.1. The third-order valence-corrected chi connectivity index (χ3v) is 6.07. The SMILES string of the molecule is O=c1ccc2ccccc2o1.c1ccc2ncccc2c1.c1ccc2ncccc2c1.c1ccc2ncccc2c1.